The fourth-order valence-electron chi connectivity index (χ4n) is 4.26. The number of nitrogens with zero attached hydrogens (tertiary/aromatic N) is 2. The number of benzene rings is 2. The number of amides is 3. The van der Waals surface area contributed by atoms with Gasteiger partial charge in [0.05, 0.1) is 12.5 Å². The van der Waals surface area contributed by atoms with Crippen molar-refractivity contribution in [1.29, 1.82) is 0 Å². The van der Waals surface area contributed by atoms with Gasteiger partial charge in [0.2, 0.25) is 17.7 Å². The molecule has 0 aliphatic carbocycles. The van der Waals surface area contributed by atoms with E-state index >= 15 is 0 Å². The van der Waals surface area contributed by atoms with Gasteiger partial charge in [0, 0.05) is 44.8 Å². The summed E-state index contributed by atoms with van der Waals surface area (Å²) in [5.41, 5.74) is 4.18. The van der Waals surface area contributed by atoms with Crippen LogP contribution in [0.25, 0.3) is 0 Å². The molecule has 1 unspecified atom stereocenters. The van der Waals surface area contributed by atoms with Crippen LogP contribution in [-0.2, 0) is 27.5 Å². The number of anilines is 1. The second-order valence-electron chi connectivity index (χ2n) is 8.56. The van der Waals surface area contributed by atoms with Crippen LogP contribution < -0.4 is 15.5 Å². The maximum Gasteiger partial charge on any atom is 0.237 e. The number of aryl methyl sites for hydroxylation is 1. The number of nitrogens with one attached hydrogen (secondary N) is 2. The van der Waals surface area contributed by atoms with E-state index < -0.39 is 6.04 Å². The quantitative estimate of drug-likeness (QED) is 0.700. The van der Waals surface area contributed by atoms with Gasteiger partial charge in [-0.05, 0) is 36.6 Å². The van der Waals surface area contributed by atoms with Gasteiger partial charge in [-0.2, -0.15) is 0 Å². The first kappa shape index (κ1) is 22.0. The summed E-state index contributed by atoms with van der Waals surface area (Å²) in [6.07, 6.45) is 1.62. The summed E-state index contributed by atoms with van der Waals surface area (Å²) in [6, 6.07) is 15.5. The third-order valence-corrected chi connectivity index (χ3v) is 6.14. The Balaban J connectivity index is 1.31. The lowest BCUT2D eigenvalue weighted by Gasteiger charge is -2.34. The Kier molecular flexibility index (Phi) is 6.85. The maximum absolute atomic E-state index is 12.6. The molecule has 7 heteroatoms. The van der Waals surface area contributed by atoms with E-state index in [1.165, 1.54) is 5.56 Å². The molecular weight excluding hydrogens is 404 g/mol. The van der Waals surface area contributed by atoms with E-state index in [2.05, 4.69) is 39.8 Å². The Bertz CT molecular complexity index is 972. The van der Waals surface area contributed by atoms with Crippen molar-refractivity contribution >= 4 is 23.4 Å². The molecule has 2 saturated heterocycles. The summed E-state index contributed by atoms with van der Waals surface area (Å²) in [5.74, 6) is -0.0927. The van der Waals surface area contributed by atoms with Gasteiger partial charge in [0.25, 0.3) is 0 Å². The van der Waals surface area contributed by atoms with Crippen molar-refractivity contribution in [3.8, 4) is 0 Å². The zero-order chi connectivity index (χ0) is 22.5. The molecule has 0 radical (unpaired) electrons. The molecule has 32 heavy (non-hydrogen) atoms. The largest absolute Gasteiger partial charge is 0.353 e. The van der Waals surface area contributed by atoms with Crippen LogP contribution in [0.3, 0.4) is 0 Å². The third kappa shape index (κ3) is 5.34. The minimum Gasteiger partial charge on any atom is -0.353 e. The molecular formula is C25H30N4O3. The fourth-order valence-corrected chi connectivity index (χ4v) is 4.26. The van der Waals surface area contributed by atoms with Crippen molar-refractivity contribution in [2.24, 2.45) is 0 Å². The van der Waals surface area contributed by atoms with Gasteiger partial charge in [0.15, 0.2) is 0 Å². The molecule has 2 heterocycles. The fraction of sp³-hybridized carbons (Fsp3) is 0.400. The van der Waals surface area contributed by atoms with Crippen molar-refractivity contribution < 1.29 is 14.4 Å². The van der Waals surface area contributed by atoms with Crippen molar-refractivity contribution in [1.82, 2.24) is 15.5 Å². The molecule has 2 N–H and O–H groups in total. The summed E-state index contributed by atoms with van der Waals surface area (Å²) in [5, 5.41) is 5.81. The number of rotatable bonds is 7. The second-order valence-corrected chi connectivity index (χ2v) is 8.56. The van der Waals surface area contributed by atoms with Crippen LogP contribution in [-0.4, -0.2) is 48.3 Å². The SMILES string of the molecule is Cc1ccc(CN2CCNC(=O)C2CC(=O)NCc2ccc(N3CCCC3=O)cc2)cc1. The standard InChI is InChI=1S/C25H30N4O3/c1-18-4-6-20(7-5-18)17-28-14-12-26-25(32)22(28)15-23(30)27-16-19-8-10-21(11-9-19)29-13-2-3-24(29)31/h4-11,22H,2-3,12-17H2,1H3,(H,26,32)(H,27,30). The predicted molar refractivity (Wildman–Crippen MR) is 123 cm³/mol. The van der Waals surface area contributed by atoms with Crippen LogP contribution in [0.1, 0.15) is 36.0 Å². The van der Waals surface area contributed by atoms with Crippen molar-refractivity contribution in [3.63, 3.8) is 0 Å². The zero-order valence-corrected chi connectivity index (χ0v) is 18.5. The molecule has 3 amide bonds. The van der Waals surface area contributed by atoms with Crippen LogP contribution in [0, 0.1) is 6.92 Å². The number of hydrogen-bond acceptors (Lipinski definition) is 4. The van der Waals surface area contributed by atoms with Gasteiger partial charge in [-0.25, -0.2) is 0 Å². The van der Waals surface area contributed by atoms with Crippen LogP contribution in [0.5, 0.6) is 0 Å². The normalized spacial score (nSPS) is 19.2. The van der Waals surface area contributed by atoms with E-state index in [9.17, 15) is 14.4 Å². The molecule has 0 aromatic heterocycles. The Morgan fingerprint density at radius 2 is 1.75 bits per heavy atom. The average molecular weight is 435 g/mol. The van der Waals surface area contributed by atoms with E-state index in [0.29, 0.717) is 32.6 Å². The van der Waals surface area contributed by atoms with Gasteiger partial charge in [-0.3, -0.25) is 19.3 Å². The molecule has 168 valence electrons. The summed E-state index contributed by atoms with van der Waals surface area (Å²) >= 11 is 0. The Labute approximate surface area is 188 Å². The van der Waals surface area contributed by atoms with Crippen LogP contribution in [0.2, 0.25) is 0 Å². The molecule has 0 saturated carbocycles. The van der Waals surface area contributed by atoms with Gasteiger partial charge < -0.3 is 15.5 Å². The summed E-state index contributed by atoms with van der Waals surface area (Å²) < 4.78 is 0. The number of hydrogen-bond donors (Lipinski definition) is 2. The van der Waals surface area contributed by atoms with Crippen LogP contribution >= 0.6 is 0 Å². The molecule has 2 aromatic rings. The number of carbonyl (C=O) groups excluding carboxylic acids is 3. The van der Waals surface area contributed by atoms with Gasteiger partial charge in [-0.15, -0.1) is 0 Å². The van der Waals surface area contributed by atoms with Gasteiger partial charge in [-0.1, -0.05) is 42.0 Å². The summed E-state index contributed by atoms with van der Waals surface area (Å²) in [6.45, 7) is 5.15. The highest BCUT2D eigenvalue weighted by Crippen LogP contribution is 2.21. The van der Waals surface area contributed by atoms with Gasteiger partial charge >= 0.3 is 0 Å². The number of carbonyl (C=O) groups is 3. The topological polar surface area (TPSA) is 81.8 Å². The van der Waals surface area contributed by atoms with E-state index in [0.717, 1.165) is 29.8 Å². The first-order chi connectivity index (χ1) is 15.5. The average Bonchev–Trinajstić information content (AvgIpc) is 3.22. The Hall–Kier alpha value is -3.19. The molecule has 2 aliphatic heterocycles. The highest BCUT2D eigenvalue weighted by atomic mass is 16.2. The Morgan fingerprint density at radius 1 is 1.03 bits per heavy atom. The predicted octanol–water partition coefficient (Wildman–Crippen LogP) is 2.13. The zero-order valence-electron chi connectivity index (χ0n) is 18.5. The monoisotopic (exact) mass is 434 g/mol. The third-order valence-electron chi connectivity index (χ3n) is 6.14. The van der Waals surface area contributed by atoms with E-state index in [1.807, 2.05) is 31.2 Å². The lowest BCUT2D eigenvalue weighted by atomic mass is 10.1. The maximum atomic E-state index is 12.6. The first-order valence-electron chi connectivity index (χ1n) is 11.2. The minimum atomic E-state index is -0.478. The molecule has 7 nitrogen and oxygen atoms in total. The van der Waals surface area contributed by atoms with E-state index in [-0.39, 0.29) is 24.1 Å². The van der Waals surface area contributed by atoms with Crippen LogP contribution in [0.4, 0.5) is 5.69 Å². The smallest absolute Gasteiger partial charge is 0.237 e. The molecule has 2 aromatic carbocycles. The summed E-state index contributed by atoms with van der Waals surface area (Å²) in [7, 11) is 0. The first-order valence-corrected chi connectivity index (χ1v) is 11.2. The second kappa shape index (κ2) is 9.96. The summed E-state index contributed by atoms with van der Waals surface area (Å²) in [4.78, 5) is 40.9. The molecule has 2 fully saturated rings. The highest BCUT2D eigenvalue weighted by Gasteiger charge is 2.31. The number of piperazine rings is 1. The molecule has 0 bridgehead atoms. The van der Waals surface area contributed by atoms with Gasteiger partial charge in [0.1, 0.15) is 0 Å². The molecule has 4 rings (SSSR count). The van der Waals surface area contributed by atoms with Crippen molar-refractivity contribution in [2.75, 3.05) is 24.5 Å². The van der Waals surface area contributed by atoms with Crippen LogP contribution in [0.15, 0.2) is 48.5 Å². The molecule has 0 spiro atoms. The minimum absolute atomic E-state index is 0.0989. The molecule has 2 aliphatic rings. The van der Waals surface area contributed by atoms with Crippen molar-refractivity contribution in [2.45, 2.75) is 45.3 Å². The van der Waals surface area contributed by atoms with E-state index in [4.69, 9.17) is 0 Å². The van der Waals surface area contributed by atoms with Crippen molar-refractivity contribution in [3.05, 3.63) is 65.2 Å². The molecule has 1 atom stereocenters. The lowest BCUT2D eigenvalue weighted by Crippen LogP contribution is -2.56. The highest BCUT2D eigenvalue weighted by molar-refractivity contribution is 5.95. The lowest BCUT2D eigenvalue weighted by molar-refractivity contribution is -0.134. The van der Waals surface area contributed by atoms with E-state index in [1.54, 1.807) is 4.90 Å². The Morgan fingerprint density at radius 3 is 2.44 bits per heavy atom.